The lowest BCUT2D eigenvalue weighted by molar-refractivity contribution is -0.119. The maximum Gasteiger partial charge on any atom is 0.337 e. The van der Waals surface area contributed by atoms with E-state index in [1.54, 1.807) is 6.92 Å². The molecule has 5 heteroatoms. The monoisotopic (exact) mass is 222 g/mol. The van der Waals surface area contributed by atoms with E-state index < -0.39 is 5.97 Å². The van der Waals surface area contributed by atoms with Crippen LogP contribution in [0.2, 0.25) is 0 Å². The fraction of sp³-hybridized carbons (Fsp3) is 0.364. The average molecular weight is 222 g/mol. The molecule has 1 aromatic rings. The van der Waals surface area contributed by atoms with Gasteiger partial charge in [0, 0.05) is 12.1 Å². The van der Waals surface area contributed by atoms with Crippen molar-refractivity contribution in [3.63, 3.8) is 0 Å². The van der Waals surface area contributed by atoms with Crippen LogP contribution in [0.15, 0.2) is 18.5 Å². The van der Waals surface area contributed by atoms with Gasteiger partial charge in [0.2, 0.25) is 5.91 Å². The molecule has 1 unspecified atom stereocenters. The molecule has 1 heterocycles. The van der Waals surface area contributed by atoms with Gasteiger partial charge < -0.3 is 10.4 Å². The van der Waals surface area contributed by atoms with Crippen LogP contribution in [0.5, 0.6) is 0 Å². The standard InChI is InChI=1S/C11H14N2O3/c1-3-7(2)10(14)13-9-6-12-5-4-8(9)11(15)16/h4-7H,3H2,1-2H3,(H,13,14)(H,15,16). The van der Waals surface area contributed by atoms with Gasteiger partial charge in [-0.25, -0.2) is 4.79 Å². The summed E-state index contributed by atoms with van der Waals surface area (Å²) >= 11 is 0. The number of carboxylic acids is 1. The predicted octanol–water partition coefficient (Wildman–Crippen LogP) is 1.76. The third-order valence-electron chi connectivity index (χ3n) is 2.37. The van der Waals surface area contributed by atoms with Crippen molar-refractivity contribution >= 4 is 17.6 Å². The number of carbonyl (C=O) groups excluding carboxylic acids is 1. The summed E-state index contributed by atoms with van der Waals surface area (Å²) in [5.74, 6) is -1.43. The van der Waals surface area contributed by atoms with Crippen molar-refractivity contribution in [1.29, 1.82) is 0 Å². The van der Waals surface area contributed by atoms with Crippen molar-refractivity contribution in [2.45, 2.75) is 20.3 Å². The third-order valence-corrected chi connectivity index (χ3v) is 2.37. The smallest absolute Gasteiger partial charge is 0.337 e. The summed E-state index contributed by atoms with van der Waals surface area (Å²) < 4.78 is 0. The molecule has 16 heavy (non-hydrogen) atoms. The Labute approximate surface area is 93.5 Å². The Balaban J connectivity index is 2.89. The molecule has 0 fully saturated rings. The Morgan fingerprint density at radius 3 is 2.81 bits per heavy atom. The fourth-order valence-electron chi connectivity index (χ4n) is 1.12. The number of anilines is 1. The van der Waals surface area contributed by atoms with Gasteiger partial charge in [0.1, 0.15) is 0 Å². The van der Waals surface area contributed by atoms with Crippen LogP contribution < -0.4 is 5.32 Å². The van der Waals surface area contributed by atoms with E-state index in [4.69, 9.17) is 5.11 Å². The van der Waals surface area contributed by atoms with Gasteiger partial charge in [-0.3, -0.25) is 9.78 Å². The van der Waals surface area contributed by atoms with Crippen molar-refractivity contribution < 1.29 is 14.7 Å². The summed E-state index contributed by atoms with van der Waals surface area (Å²) in [4.78, 5) is 26.2. The van der Waals surface area contributed by atoms with Crippen LogP contribution in [0.1, 0.15) is 30.6 Å². The molecule has 2 N–H and O–H groups in total. The average Bonchev–Trinajstić information content (AvgIpc) is 2.28. The molecule has 1 rings (SSSR count). The Hall–Kier alpha value is -1.91. The minimum atomic E-state index is -1.08. The number of aromatic nitrogens is 1. The minimum absolute atomic E-state index is 0.0478. The highest BCUT2D eigenvalue weighted by Crippen LogP contribution is 2.15. The number of rotatable bonds is 4. The Kier molecular flexibility index (Phi) is 3.99. The lowest BCUT2D eigenvalue weighted by atomic mass is 10.1. The molecule has 0 aromatic carbocycles. The third kappa shape index (κ3) is 2.79. The van der Waals surface area contributed by atoms with Crippen molar-refractivity contribution in [3.8, 4) is 0 Å². The van der Waals surface area contributed by atoms with E-state index in [2.05, 4.69) is 10.3 Å². The summed E-state index contributed by atoms with van der Waals surface area (Å²) in [7, 11) is 0. The van der Waals surface area contributed by atoms with Gasteiger partial charge in [-0.1, -0.05) is 13.8 Å². The molecular formula is C11H14N2O3. The van der Waals surface area contributed by atoms with Crippen molar-refractivity contribution in [1.82, 2.24) is 4.98 Å². The summed E-state index contributed by atoms with van der Waals surface area (Å²) in [6.45, 7) is 3.68. The maximum atomic E-state index is 11.6. The van der Waals surface area contributed by atoms with E-state index in [1.807, 2.05) is 6.92 Å². The van der Waals surface area contributed by atoms with Crippen LogP contribution in [-0.4, -0.2) is 22.0 Å². The number of carbonyl (C=O) groups is 2. The topological polar surface area (TPSA) is 79.3 Å². The van der Waals surface area contributed by atoms with Crippen molar-refractivity contribution in [2.75, 3.05) is 5.32 Å². The zero-order chi connectivity index (χ0) is 12.1. The highest BCUT2D eigenvalue weighted by molar-refractivity contribution is 6.00. The Morgan fingerprint density at radius 1 is 1.56 bits per heavy atom. The summed E-state index contributed by atoms with van der Waals surface area (Å²) in [5, 5.41) is 11.5. The van der Waals surface area contributed by atoms with E-state index in [9.17, 15) is 9.59 Å². The first-order valence-corrected chi connectivity index (χ1v) is 5.04. The molecule has 0 aliphatic carbocycles. The van der Waals surface area contributed by atoms with Gasteiger partial charge >= 0.3 is 5.97 Å². The lowest BCUT2D eigenvalue weighted by Crippen LogP contribution is -2.21. The molecule has 0 spiro atoms. The number of nitrogens with zero attached hydrogens (tertiary/aromatic N) is 1. The largest absolute Gasteiger partial charge is 0.478 e. The lowest BCUT2D eigenvalue weighted by Gasteiger charge is -2.11. The number of amides is 1. The van der Waals surface area contributed by atoms with Crippen LogP contribution in [-0.2, 0) is 4.79 Å². The van der Waals surface area contributed by atoms with Crippen molar-refractivity contribution in [2.24, 2.45) is 5.92 Å². The Bertz CT molecular complexity index is 404. The first kappa shape index (κ1) is 12.2. The van der Waals surface area contributed by atoms with E-state index in [-0.39, 0.29) is 23.1 Å². The highest BCUT2D eigenvalue weighted by atomic mass is 16.4. The molecule has 5 nitrogen and oxygen atoms in total. The molecule has 0 radical (unpaired) electrons. The quantitative estimate of drug-likeness (QED) is 0.813. The van der Waals surface area contributed by atoms with Crippen LogP contribution in [0, 0.1) is 5.92 Å². The van der Waals surface area contributed by atoms with Gasteiger partial charge in [0.05, 0.1) is 17.4 Å². The number of hydrogen-bond acceptors (Lipinski definition) is 3. The second-order valence-corrected chi connectivity index (χ2v) is 3.52. The molecule has 1 amide bonds. The molecule has 0 aliphatic rings. The van der Waals surface area contributed by atoms with Crippen LogP contribution in [0.25, 0.3) is 0 Å². The Morgan fingerprint density at radius 2 is 2.25 bits per heavy atom. The molecule has 1 aromatic heterocycles. The molecule has 0 saturated carbocycles. The van der Waals surface area contributed by atoms with Gasteiger partial charge in [-0.2, -0.15) is 0 Å². The predicted molar refractivity (Wildman–Crippen MR) is 59.3 cm³/mol. The van der Waals surface area contributed by atoms with E-state index in [0.717, 1.165) is 0 Å². The number of aromatic carboxylic acids is 1. The van der Waals surface area contributed by atoms with Crippen LogP contribution >= 0.6 is 0 Å². The second kappa shape index (κ2) is 5.25. The summed E-state index contributed by atoms with van der Waals surface area (Å²) in [5.41, 5.74) is 0.284. The fourth-order valence-corrected chi connectivity index (χ4v) is 1.12. The normalized spacial score (nSPS) is 11.9. The number of nitrogens with one attached hydrogen (secondary N) is 1. The zero-order valence-corrected chi connectivity index (χ0v) is 9.23. The van der Waals surface area contributed by atoms with E-state index >= 15 is 0 Å². The molecule has 1 atom stereocenters. The van der Waals surface area contributed by atoms with Gasteiger partial charge in [-0.15, -0.1) is 0 Å². The van der Waals surface area contributed by atoms with Gasteiger partial charge in [0.25, 0.3) is 0 Å². The zero-order valence-electron chi connectivity index (χ0n) is 9.23. The maximum absolute atomic E-state index is 11.6. The number of hydrogen-bond donors (Lipinski definition) is 2. The number of carboxylic acid groups (broad SMARTS) is 1. The molecule has 86 valence electrons. The van der Waals surface area contributed by atoms with Crippen LogP contribution in [0.3, 0.4) is 0 Å². The second-order valence-electron chi connectivity index (χ2n) is 3.52. The SMILES string of the molecule is CCC(C)C(=O)Nc1cnccc1C(=O)O. The van der Waals surface area contributed by atoms with Crippen molar-refractivity contribution in [3.05, 3.63) is 24.0 Å². The number of pyridine rings is 1. The molecule has 0 aliphatic heterocycles. The molecule has 0 bridgehead atoms. The minimum Gasteiger partial charge on any atom is -0.478 e. The molecular weight excluding hydrogens is 208 g/mol. The van der Waals surface area contributed by atoms with E-state index in [1.165, 1.54) is 18.5 Å². The first-order chi connectivity index (χ1) is 7.56. The van der Waals surface area contributed by atoms with Gasteiger partial charge in [-0.05, 0) is 12.5 Å². The van der Waals surface area contributed by atoms with Gasteiger partial charge in [0.15, 0.2) is 0 Å². The first-order valence-electron chi connectivity index (χ1n) is 5.04. The van der Waals surface area contributed by atoms with Crippen LogP contribution in [0.4, 0.5) is 5.69 Å². The highest BCUT2D eigenvalue weighted by Gasteiger charge is 2.15. The van der Waals surface area contributed by atoms with E-state index in [0.29, 0.717) is 6.42 Å². The molecule has 0 saturated heterocycles. The summed E-state index contributed by atoms with van der Waals surface area (Å²) in [6, 6.07) is 1.36. The summed E-state index contributed by atoms with van der Waals surface area (Å²) in [6.07, 6.45) is 3.42.